The molecule has 0 aromatic heterocycles. The Balaban J connectivity index is 2.87. The Labute approximate surface area is 120 Å². The Morgan fingerprint density at radius 3 is 2.84 bits per heavy atom. The van der Waals surface area contributed by atoms with Crippen LogP contribution in [0.4, 0.5) is 4.39 Å². The zero-order valence-corrected chi connectivity index (χ0v) is 12.5. The van der Waals surface area contributed by atoms with E-state index in [0.717, 1.165) is 0 Å². The Morgan fingerprint density at radius 2 is 2.26 bits per heavy atom. The number of carbonyl (C=O) groups excluding carboxylic acids is 1. The number of hydrogen-bond acceptors (Lipinski definition) is 4. The Kier molecular flexibility index (Phi) is 6.97. The number of benzene rings is 1. The van der Waals surface area contributed by atoms with Gasteiger partial charge in [-0.05, 0) is 40.5 Å². The van der Waals surface area contributed by atoms with E-state index >= 15 is 0 Å². The molecule has 0 saturated carbocycles. The van der Waals surface area contributed by atoms with Crippen LogP contribution in [-0.2, 0) is 14.3 Å². The highest BCUT2D eigenvalue weighted by molar-refractivity contribution is 9.10. The summed E-state index contributed by atoms with van der Waals surface area (Å²) in [5, 5.41) is 2.99. The van der Waals surface area contributed by atoms with Gasteiger partial charge in [-0.15, -0.1) is 0 Å². The lowest BCUT2D eigenvalue weighted by Crippen LogP contribution is -2.32. The van der Waals surface area contributed by atoms with Crippen LogP contribution in [0.1, 0.15) is 18.5 Å². The molecule has 1 unspecified atom stereocenters. The van der Waals surface area contributed by atoms with E-state index in [1.54, 1.807) is 26.2 Å². The molecule has 0 spiro atoms. The van der Waals surface area contributed by atoms with E-state index in [0.29, 0.717) is 23.2 Å². The first-order valence-electron chi connectivity index (χ1n) is 5.94. The van der Waals surface area contributed by atoms with Crippen LogP contribution in [0.3, 0.4) is 0 Å². The smallest absolute Gasteiger partial charge is 0.327 e. The topological polar surface area (TPSA) is 47.6 Å². The van der Waals surface area contributed by atoms with Crippen LogP contribution in [0.2, 0.25) is 0 Å². The van der Waals surface area contributed by atoms with Crippen LogP contribution in [-0.4, -0.2) is 32.8 Å². The Morgan fingerprint density at radius 1 is 1.53 bits per heavy atom. The van der Waals surface area contributed by atoms with Gasteiger partial charge in [0.15, 0.2) is 0 Å². The second-order valence-electron chi connectivity index (χ2n) is 3.81. The maximum absolute atomic E-state index is 13.5. The molecule has 1 aromatic rings. The number of ether oxygens (including phenoxy) is 2. The summed E-state index contributed by atoms with van der Waals surface area (Å²) in [7, 11) is 1.57. The predicted octanol–water partition coefficient (Wildman–Crippen LogP) is 2.43. The fourth-order valence-electron chi connectivity index (χ4n) is 1.56. The Bertz CT molecular complexity index is 428. The van der Waals surface area contributed by atoms with Crippen LogP contribution in [0.5, 0.6) is 0 Å². The number of hydrogen-bond donors (Lipinski definition) is 1. The number of methoxy groups -OCH3 is 1. The lowest BCUT2D eigenvalue weighted by atomic mass is 10.1. The molecule has 1 N–H and O–H groups in total. The molecule has 1 atom stereocenters. The van der Waals surface area contributed by atoms with Gasteiger partial charge < -0.3 is 9.47 Å². The van der Waals surface area contributed by atoms with Crippen LogP contribution in [0, 0.1) is 5.82 Å². The van der Waals surface area contributed by atoms with E-state index in [1.807, 2.05) is 0 Å². The van der Waals surface area contributed by atoms with Crippen molar-refractivity contribution in [3.63, 3.8) is 0 Å². The average Bonchev–Trinajstić information content (AvgIpc) is 2.38. The first-order valence-corrected chi connectivity index (χ1v) is 6.73. The van der Waals surface area contributed by atoms with Crippen molar-refractivity contribution in [1.29, 1.82) is 0 Å². The molecule has 4 nitrogen and oxygen atoms in total. The molecular formula is C13H17BrFNO3. The van der Waals surface area contributed by atoms with Crippen molar-refractivity contribution in [2.45, 2.75) is 13.0 Å². The van der Waals surface area contributed by atoms with Gasteiger partial charge in [-0.1, -0.05) is 6.07 Å². The van der Waals surface area contributed by atoms with Gasteiger partial charge in [-0.25, -0.2) is 9.18 Å². The molecule has 0 aliphatic carbocycles. The molecule has 0 radical (unpaired) electrons. The molecule has 0 bridgehead atoms. The summed E-state index contributed by atoms with van der Waals surface area (Å²) in [6.07, 6.45) is 0. The SMILES string of the molecule is CCOC(=O)C(NCCOC)c1ccc(Br)c(F)c1. The Hall–Kier alpha value is -0.980. The van der Waals surface area contributed by atoms with Gasteiger partial charge in [-0.2, -0.15) is 0 Å². The third-order valence-electron chi connectivity index (χ3n) is 2.45. The first kappa shape index (κ1) is 16.1. The van der Waals surface area contributed by atoms with Crippen LogP contribution in [0.25, 0.3) is 0 Å². The molecule has 19 heavy (non-hydrogen) atoms. The standard InChI is InChI=1S/C13H17BrFNO3/c1-3-19-13(17)12(16-6-7-18-2)9-4-5-10(14)11(15)8-9/h4-5,8,12,16H,3,6-7H2,1-2H3. The van der Waals surface area contributed by atoms with Crippen molar-refractivity contribution in [2.24, 2.45) is 0 Å². The molecule has 0 saturated heterocycles. The molecule has 1 aromatic carbocycles. The van der Waals surface area contributed by atoms with Gasteiger partial charge in [0, 0.05) is 13.7 Å². The van der Waals surface area contributed by atoms with Gasteiger partial charge in [0.05, 0.1) is 17.7 Å². The number of halogens is 2. The maximum Gasteiger partial charge on any atom is 0.327 e. The lowest BCUT2D eigenvalue weighted by molar-refractivity contribution is -0.145. The first-order chi connectivity index (χ1) is 9.10. The highest BCUT2D eigenvalue weighted by Crippen LogP contribution is 2.21. The van der Waals surface area contributed by atoms with Gasteiger partial charge >= 0.3 is 5.97 Å². The van der Waals surface area contributed by atoms with Gasteiger partial charge in [-0.3, -0.25) is 5.32 Å². The molecular weight excluding hydrogens is 317 g/mol. The fraction of sp³-hybridized carbons (Fsp3) is 0.462. The summed E-state index contributed by atoms with van der Waals surface area (Å²) in [5.41, 5.74) is 0.523. The summed E-state index contributed by atoms with van der Waals surface area (Å²) in [6.45, 7) is 2.93. The number of nitrogens with one attached hydrogen (secondary N) is 1. The lowest BCUT2D eigenvalue weighted by Gasteiger charge is -2.17. The zero-order chi connectivity index (χ0) is 14.3. The summed E-state index contributed by atoms with van der Waals surface area (Å²) in [5.74, 6) is -0.847. The van der Waals surface area contributed by atoms with Crippen molar-refractivity contribution in [2.75, 3.05) is 26.9 Å². The summed E-state index contributed by atoms with van der Waals surface area (Å²) in [4.78, 5) is 11.9. The highest BCUT2D eigenvalue weighted by atomic mass is 79.9. The van der Waals surface area contributed by atoms with Gasteiger partial charge in [0.25, 0.3) is 0 Å². The monoisotopic (exact) mass is 333 g/mol. The van der Waals surface area contributed by atoms with E-state index < -0.39 is 17.8 Å². The molecule has 1 rings (SSSR count). The molecule has 0 fully saturated rings. The van der Waals surface area contributed by atoms with E-state index in [-0.39, 0.29) is 6.61 Å². The molecule has 6 heteroatoms. The van der Waals surface area contributed by atoms with Gasteiger partial charge in [0.1, 0.15) is 11.9 Å². The minimum absolute atomic E-state index is 0.278. The number of rotatable bonds is 7. The summed E-state index contributed by atoms with van der Waals surface area (Å²) >= 11 is 3.08. The van der Waals surface area contributed by atoms with Crippen molar-refractivity contribution >= 4 is 21.9 Å². The van der Waals surface area contributed by atoms with Crippen molar-refractivity contribution in [3.05, 3.63) is 34.1 Å². The molecule has 0 aliphatic heterocycles. The van der Waals surface area contributed by atoms with E-state index in [9.17, 15) is 9.18 Å². The van der Waals surface area contributed by atoms with Crippen LogP contribution >= 0.6 is 15.9 Å². The predicted molar refractivity (Wildman–Crippen MR) is 73.4 cm³/mol. The molecule has 106 valence electrons. The quantitative estimate of drug-likeness (QED) is 0.615. The number of carbonyl (C=O) groups is 1. The number of esters is 1. The third-order valence-corrected chi connectivity index (χ3v) is 3.10. The molecule has 0 amide bonds. The largest absolute Gasteiger partial charge is 0.465 e. The van der Waals surface area contributed by atoms with Crippen LogP contribution in [0.15, 0.2) is 22.7 Å². The minimum atomic E-state index is -0.697. The average molecular weight is 334 g/mol. The maximum atomic E-state index is 13.5. The minimum Gasteiger partial charge on any atom is -0.465 e. The normalized spacial score (nSPS) is 12.2. The van der Waals surface area contributed by atoms with Crippen molar-refractivity contribution in [1.82, 2.24) is 5.32 Å². The van der Waals surface area contributed by atoms with E-state index in [1.165, 1.54) is 6.07 Å². The second kappa shape index (κ2) is 8.24. The summed E-state index contributed by atoms with van der Waals surface area (Å²) < 4.78 is 23.8. The van der Waals surface area contributed by atoms with E-state index in [2.05, 4.69) is 21.2 Å². The van der Waals surface area contributed by atoms with E-state index in [4.69, 9.17) is 9.47 Å². The molecule has 0 heterocycles. The second-order valence-corrected chi connectivity index (χ2v) is 4.66. The fourth-order valence-corrected chi connectivity index (χ4v) is 1.81. The summed E-state index contributed by atoms with van der Waals surface area (Å²) in [6, 6.07) is 3.85. The van der Waals surface area contributed by atoms with Crippen molar-refractivity contribution < 1.29 is 18.7 Å². The van der Waals surface area contributed by atoms with Crippen LogP contribution < -0.4 is 5.32 Å². The highest BCUT2D eigenvalue weighted by Gasteiger charge is 2.22. The zero-order valence-electron chi connectivity index (χ0n) is 10.9. The third kappa shape index (κ3) is 4.89. The van der Waals surface area contributed by atoms with Gasteiger partial charge in [0.2, 0.25) is 0 Å². The van der Waals surface area contributed by atoms with Crippen molar-refractivity contribution in [3.8, 4) is 0 Å². The molecule has 0 aliphatic rings.